The molecule has 0 saturated carbocycles. The Hall–Kier alpha value is -3.25. The van der Waals surface area contributed by atoms with Crippen LogP contribution in [0, 0.1) is 0 Å². The fourth-order valence-corrected chi connectivity index (χ4v) is 3.51. The van der Waals surface area contributed by atoms with Gasteiger partial charge in [0.1, 0.15) is 11.4 Å². The van der Waals surface area contributed by atoms with E-state index in [1.165, 1.54) is 6.07 Å². The van der Waals surface area contributed by atoms with Crippen LogP contribution in [0.4, 0.5) is 0 Å². The van der Waals surface area contributed by atoms with E-state index in [1.54, 1.807) is 18.3 Å². The van der Waals surface area contributed by atoms with Gasteiger partial charge in [-0.15, -0.1) is 0 Å². The van der Waals surface area contributed by atoms with Crippen molar-refractivity contribution in [2.75, 3.05) is 33.2 Å². The number of hydrogen-bond donors (Lipinski definition) is 1. The van der Waals surface area contributed by atoms with Crippen molar-refractivity contribution in [2.24, 2.45) is 0 Å². The number of aromatic nitrogens is 1. The van der Waals surface area contributed by atoms with Gasteiger partial charge in [-0.1, -0.05) is 24.3 Å². The Balaban J connectivity index is 1.59. The molecule has 1 amide bonds. The maximum absolute atomic E-state index is 12.6. The highest BCUT2D eigenvalue weighted by Gasteiger charge is 2.21. The summed E-state index contributed by atoms with van der Waals surface area (Å²) >= 11 is 0. The first kappa shape index (κ1) is 18.1. The number of hydrogen-bond acceptors (Lipinski definition) is 5. The van der Waals surface area contributed by atoms with E-state index >= 15 is 0 Å². The van der Waals surface area contributed by atoms with Gasteiger partial charge in [0.15, 0.2) is 6.29 Å². The largest absolute Gasteiger partial charge is 0.507 e. The molecule has 28 heavy (non-hydrogen) atoms. The Morgan fingerprint density at radius 1 is 1.04 bits per heavy atom. The smallest absolute Gasteiger partial charge is 0.272 e. The maximum atomic E-state index is 12.6. The number of phenolic OH excluding ortho intramolecular Hbond substituents is 1. The molecule has 0 unspecified atom stereocenters. The second kappa shape index (κ2) is 7.40. The van der Waals surface area contributed by atoms with E-state index in [2.05, 4.69) is 16.9 Å². The number of rotatable bonds is 3. The average molecular weight is 375 g/mol. The third kappa shape index (κ3) is 3.34. The topological polar surface area (TPSA) is 73.7 Å². The van der Waals surface area contributed by atoms with Crippen LogP contribution in [-0.2, 0) is 0 Å². The van der Waals surface area contributed by atoms with Crippen molar-refractivity contribution in [1.82, 2.24) is 14.8 Å². The van der Waals surface area contributed by atoms with Gasteiger partial charge >= 0.3 is 0 Å². The molecular weight excluding hydrogens is 354 g/mol. The molecule has 0 spiro atoms. The molecule has 0 atom stereocenters. The molecular formula is C22H21N3O3. The summed E-state index contributed by atoms with van der Waals surface area (Å²) in [4.78, 5) is 32.3. The number of fused-ring (bicyclic) bond motifs is 1. The number of aldehydes is 1. The lowest BCUT2D eigenvalue weighted by Crippen LogP contribution is -2.47. The average Bonchev–Trinajstić information content (AvgIpc) is 2.73. The number of likely N-dealkylation sites (N-methyl/N-ethyl adjacent to an activating group) is 1. The van der Waals surface area contributed by atoms with E-state index in [0.29, 0.717) is 17.4 Å². The Morgan fingerprint density at radius 2 is 1.79 bits per heavy atom. The van der Waals surface area contributed by atoms with E-state index in [4.69, 9.17) is 0 Å². The Bertz CT molecular complexity index is 1040. The fourth-order valence-electron chi connectivity index (χ4n) is 3.51. The molecule has 1 aliphatic heterocycles. The maximum Gasteiger partial charge on any atom is 0.272 e. The van der Waals surface area contributed by atoms with E-state index < -0.39 is 0 Å². The molecule has 1 saturated heterocycles. The van der Waals surface area contributed by atoms with E-state index in [0.717, 1.165) is 42.7 Å². The van der Waals surface area contributed by atoms with E-state index in [9.17, 15) is 14.7 Å². The molecule has 6 heteroatoms. The van der Waals surface area contributed by atoms with Crippen LogP contribution in [0.5, 0.6) is 5.75 Å². The molecule has 2 aromatic carbocycles. The zero-order valence-corrected chi connectivity index (χ0v) is 15.6. The Morgan fingerprint density at radius 3 is 2.46 bits per heavy atom. The fraction of sp³-hybridized carbons (Fsp3) is 0.227. The zero-order chi connectivity index (χ0) is 19.7. The van der Waals surface area contributed by atoms with Crippen LogP contribution in [0.15, 0.2) is 48.7 Å². The highest BCUT2D eigenvalue weighted by atomic mass is 16.3. The molecule has 2 heterocycles. The summed E-state index contributed by atoms with van der Waals surface area (Å²) in [5.74, 6) is -0.0621. The standard InChI is InChI=1S/C22H21N3O3/c1-24-8-10-25(11-9-24)22(28)20-6-3-17(13-23-20)15-2-5-18-16(12-15)4-7-21(27)19(18)14-26/h2-7,12-14,27H,8-11H2,1H3. The van der Waals surface area contributed by atoms with Crippen molar-refractivity contribution in [2.45, 2.75) is 0 Å². The van der Waals surface area contributed by atoms with Gasteiger partial charge in [0.25, 0.3) is 5.91 Å². The molecule has 0 bridgehead atoms. The number of amides is 1. The Labute approximate surface area is 163 Å². The van der Waals surface area contributed by atoms with Crippen molar-refractivity contribution in [3.63, 3.8) is 0 Å². The lowest BCUT2D eigenvalue weighted by atomic mass is 9.99. The van der Waals surface area contributed by atoms with Crippen molar-refractivity contribution < 1.29 is 14.7 Å². The number of carbonyl (C=O) groups is 2. The lowest BCUT2D eigenvalue weighted by molar-refractivity contribution is 0.0658. The molecule has 1 aromatic heterocycles. The summed E-state index contributed by atoms with van der Waals surface area (Å²) in [6.45, 7) is 3.18. The number of nitrogens with zero attached hydrogens (tertiary/aromatic N) is 3. The number of piperazine rings is 1. The first-order valence-corrected chi connectivity index (χ1v) is 9.22. The van der Waals surface area contributed by atoms with Crippen LogP contribution in [0.2, 0.25) is 0 Å². The van der Waals surface area contributed by atoms with Crippen molar-refractivity contribution in [1.29, 1.82) is 0 Å². The summed E-state index contributed by atoms with van der Waals surface area (Å²) in [5.41, 5.74) is 2.55. The van der Waals surface area contributed by atoms with E-state index in [1.807, 2.05) is 29.2 Å². The number of benzene rings is 2. The molecule has 6 nitrogen and oxygen atoms in total. The number of aromatic hydroxyl groups is 1. The van der Waals surface area contributed by atoms with Crippen molar-refractivity contribution in [3.8, 4) is 16.9 Å². The second-order valence-corrected chi connectivity index (χ2v) is 7.08. The quantitative estimate of drug-likeness (QED) is 0.713. The van der Waals surface area contributed by atoms with Gasteiger partial charge in [-0.2, -0.15) is 0 Å². The summed E-state index contributed by atoms with van der Waals surface area (Å²) in [6.07, 6.45) is 2.36. The summed E-state index contributed by atoms with van der Waals surface area (Å²) in [7, 11) is 2.05. The normalized spacial score (nSPS) is 15.0. The van der Waals surface area contributed by atoms with Crippen LogP contribution in [0.3, 0.4) is 0 Å². The SMILES string of the molecule is CN1CCN(C(=O)c2ccc(-c3ccc4c(C=O)c(O)ccc4c3)cn2)CC1. The van der Waals surface area contributed by atoms with Crippen LogP contribution in [0.1, 0.15) is 20.8 Å². The third-order valence-electron chi connectivity index (χ3n) is 5.26. The van der Waals surface area contributed by atoms with Crippen LogP contribution >= 0.6 is 0 Å². The van der Waals surface area contributed by atoms with Gasteiger partial charge < -0.3 is 14.9 Å². The van der Waals surface area contributed by atoms with Gasteiger partial charge in [-0.25, -0.2) is 0 Å². The molecule has 3 aromatic rings. The van der Waals surface area contributed by atoms with Gasteiger partial charge in [-0.3, -0.25) is 14.6 Å². The predicted octanol–water partition coefficient (Wildman–Crippen LogP) is 2.81. The van der Waals surface area contributed by atoms with Gasteiger partial charge in [-0.05, 0) is 41.6 Å². The van der Waals surface area contributed by atoms with Crippen molar-refractivity contribution in [3.05, 3.63) is 59.9 Å². The summed E-state index contributed by atoms with van der Waals surface area (Å²) in [5, 5.41) is 11.4. The summed E-state index contributed by atoms with van der Waals surface area (Å²) in [6, 6.07) is 12.6. The lowest BCUT2D eigenvalue weighted by Gasteiger charge is -2.32. The third-order valence-corrected chi connectivity index (χ3v) is 5.26. The minimum atomic E-state index is -0.0377. The molecule has 1 fully saturated rings. The first-order valence-electron chi connectivity index (χ1n) is 9.22. The molecule has 0 radical (unpaired) electrons. The minimum absolute atomic E-state index is 0.0244. The highest BCUT2D eigenvalue weighted by Crippen LogP contribution is 2.29. The van der Waals surface area contributed by atoms with Crippen LogP contribution in [-0.4, -0.2) is 65.3 Å². The second-order valence-electron chi connectivity index (χ2n) is 7.08. The van der Waals surface area contributed by atoms with E-state index in [-0.39, 0.29) is 17.2 Å². The predicted molar refractivity (Wildman–Crippen MR) is 108 cm³/mol. The summed E-state index contributed by atoms with van der Waals surface area (Å²) < 4.78 is 0. The van der Waals surface area contributed by atoms with Gasteiger partial charge in [0, 0.05) is 37.9 Å². The molecule has 1 N–H and O–H groups in total. The first-order chi connectivity index (χ1) is 13.6. The zero-order valence-electron chi connectivity index (χ0n) is 15.6. The molecule has 4 rings (SSSR count). The molecule has 1 aliphatic rings. The highest BCUT2D eigenvalue weighted by molar-refractivity contribution is 6.02. The monoisotopic (exact) mass is 375 g/mol. The number of carbonyl (C=O) groups excluding carboxylic acids is 2. The van der Waals surface area contributed by atoms with Crippen molar-refractivity contribution >= 4 is 23.0 Å². The number of pyridine rings is 1. The Kier molecular flexibility index (Phi) is 4.79. The van der Waals surface area contributed by atoms with Crippen LogP contribution < -0.4 is 0 Å². The molecule has 142 valence electrons. The van der Waals surface area contributed by atoms with Gasteiger partial charge in [0.05, 0.1) is 5.56 Å². The number of phenols is 1. The minimum Gasteiger partial charge on any atom is -0.507 e. The molecule has 0 aliphatic carbocycles. The van der Waals surface area contributed by atoms with Crippen LogP contribution in [0.25, 0.3) is 21.9 Å². The van der Waals surface area contributed by atoms with Gasteiger partial charge in [0.2, 0.25) is 0 Å².